The van der Waals surface area contributed by atoms with Crippen LogP contribution in [0.5, 0.6) is 11.5 Å². The van der Waals surface area contributed by atoms with Gasteiger partial charge in [-0.05, 0) is 60.6 Å². The van der Waals surface area contributed by atoms with Gasteiger partial charge in [-0.15, -0.1) is 0 Å². The molecule has 0 N–H and O–H groups in total. The van der Waals surface area contributed by atoms with E-state index >= 15 is 0 Å². The summed E-state index contributed by atoms with van der Waals surface area (Å²) in [5, 5.41) is 0.766. The summed E-state index contributed by atoms with van der Waals surface area (Å²) in [4.78, 5) is 17.1. The summed E-state index contributed by atoms with van der Waals surface area (Å²) in [5.74, 6) is -0.653. The third-order valence-electron chi connectivity index (χ3n) is 6.90. The predicted octanol–water partition coefficient (Wildman–Crippen LogP) is 6.62. The molecule has 3 aromatic rings. The summed E-state index contributed by atoms with van der Waals surface area (Å²) in [5.41, 5.74) is 0.372. The second-order valence-corrected chi connectivity index (χ2v) is 10.2. The van der Waals surface area contributed by atoms with Gasteiger partial charge in [0.2, 0.25) is 6.79 Å². The van der Waals surface area contributed by atoms with Gasteiger partial charge in [0.15, 0.2) is 11.5 Å². The van der Waals surface area contributed by atoms with E-state index in [0.29, 0.717) is 45.8 Å². The van der Waals surface area contributed by atoms with Crippen molar-refractivity contribution in [3.63, 3.8) is 0 Å². The van der Waals surface area contributed by atoms with Crippen molar-refractivity contribution in [1.29, 1.82) is 0 Å². The summed E-state index contributed by atoms with van der Waals surface area (Å²) >= 11 is 12.4. The average Bonchev–Trinajstić information content (AvgIpc) is 3.51. The molecule has 1 fully saturated rings. The number of hydrogen-bond acceptors (Lipinski definition) is 4. The lowest BCUT2D eigenvalue weighted by Crippen LogP contribution is -2.38. The Balaban J connectivity index is 1.41. The number of nitrogens with zero attached hydrogens (tertiary/aromatic N) is 2. The Morgan fingerprint density at radius 3 is 2.47 bits per heavy atom. The fourth-order valence-corrected chi connectivity index (χ4v) is 5.28. The minimum absolute atomic E-state index is 0.0908. The van der Waals surface area contributed by atoms with E-state index < -0.39 is 17.6 Å². The van der Waals surface area contributed by atoms with Crippen LogP contribution in [0.3, 0.4) is 0 Å². The largest absolute Gasteiger partial charge is 0.454 e. The van der Waals surface area contributed by atoms with Crippen molar-refractivity contribution in [2.75, 3.05) is 26.9 Å². The first-order valence-electron chi connectivity index (χ1n) is 11.7. The molecule has 0 spiro atoms. The monoisotopic (exact) mass is 568 g/mol. The van der Waals surface area contributed by atoms with E-state index in [0.717, 1.165) is 17.7 Å². The maximum absolute atomic E-state index is 14.2. The average molecular weight is 569 g/mol. The summed E-state index contributed by atoms with van der Waals surface area (Å²) < 4.78 is 63.9. The summed E-state index contributed by atoms with van der Waals surface area (Å²) in [6.45, 7) is 0.955. The highest BCUT2D eigenvalue weighted by molar-refractivity contribution is 6.42. The molecular formula is C27H22Cl2F4N2O3. The van der Waals surface area contributed by atoms with Gasteiger partial charge in [-0.1, -0.05) is 35.3 Å². The molecule has 1 saturated heterocycles. The minimum atomic E-state index is -4.77. The molecular weight excluding hydrogens is 547 g/mol. The number of carbonyl (C=O) groups excluding carboxylic acids is 1. The normalized spacial score (nSPS) is 18.9. The van der Waals surface area contributed by atoms with Crippen molar-refractivity contribution in [3.05, 3.63) is 92.7 Å². The van der Waals surface area contributed by atoms with Gasteiger partial charge in [0.1, 0.15) is 5.82 Å². The van der Waals surface area contributed by atoms with Crippen molar-refractivity contribution >= 4 is 29.1 Å². The van der Waals surface area contributed by atoms with Gasteiger partial charge >= 0.3 is 6.18 Å². The van der Waals surface area contributed by atoms with Gasteiger partial charge in [-0.25, -0.2) is 4.39 Å². The first kappa shape index (κ1) is 26.6. The molecule has 0 radical (unpaired) electrons. The van der Waals surface area contributed by atoms with Gasteiger partial charge in [0.25, 0.3) is 5.91 Å². The molecule has 0 saturated carbocycles. The van der Waals surface area contributed by atoms with Crippen LogP contribution in [0, 0.1) is 5.82 Å². The number of alkyl halides is 3. The van der Waals surface area contributed by atoms with Crippen molar-refractivity contribution in [2.45, 2.75) is 24.7 Å². The Bertz CT molecular complexity index is 1380. The molecule has 0 unspecified atom stereocenters. The van der Waals surface area contributed by atoms with E-state index in [1.807, 2.05) is 11.0 Å². The highest BCUT2D eigenvalue weighted by Gasteiger charge is 2.39. The molecule has 2 heterocycles. The molecule has 200 valence electrons. The number of hydrogen-bond donors (Lipinski definition) is 0. The SMILES string of the molecule is CN(Cc1ccc(C(F)(F)F)c(F)c1)[C@H]1CN(C(=O)c2ccc3c(c2)OCO3)C[C@@H]1c1ccc(Cl)c(Cl)c1. The van der Waals surface area contributed by atoms with E-state index in [9.17, 15) is 22.4 Å². The minimum Gasteiger partial charge on any atom is -0.454 e. The Kier molecular flexibility index (Phi) is 7.19. The fraction of sp³-hybridized carbons (Fsp3) is 0.296. The molecule has 2 aliphatic rings. The number of likely N-dealkylation sites (N-methyl/N-ethyl adjacent to an activating group) is 1. The van der Waals surface area contributed by atoms with Crippen LogP contribution in [-0.2, 0) is 12.7 Å². The Morgan fingerprint density at radius 1 is 1.00 bits per heavy atom. The van der Waals surface area contributed by atoms with E-state index in [2.05, 4.69) is 0 Å². The molecule has 0 bridgehead atoms. The maximum Gasteiger partial charge on any atom is 0.419 e. The lowest BCUT2D eigenvalue weighted by molar-refractivity contribution is -0.140. The van der Waals surface area contributed by atoms with Crippen LogP contribution < -0.4 is 9.47 Å². The summed E-state index contributed by atoms with van der Waals surface area (Å²) in [6.07, 6.45) is -4.77. The second-order valence-electron chi connectivity index (χ2n) is 9.35. The van der Waals surface area contributed by atoms with Gasteiger partial charge in [0.05, 0.1) is 15.6 Å². The first-order chi connectivity index (χ1) is 18.0. The maximum atomic E-state index is 14.2. The third-order valence-corrected chi connectivity index (χ3v) is 7.64. The van der Waals surface area contributed by atoms with Gasteiger partial charge in [-0.3, -0.25) is 9.69 Å². The van der Waals surface area contributed by atoms with Crippen LogP contribution in [0.4, 0.5) is 17.6 Å². The molecule has 5 rings (SSSR count). The fourth-order valence-electron chi connectivity index (χ4n) is 4.97. The van der Waals surface area contributed by atoms with Crippen LogP contribution in [0.1, 0.15) is 33.0 Å². The van der Waals surface area contributed by atoms with Gasteiger partial charge in [0, 0.05) is 37.2 Å². The second kappa shape index (κ2) is 10.3. The molecule has 11 heteroatoms. The van der Waals surface area contributed by atoms with Crippen LogP contribution in [0.15, 0.2) is 54.6 Å². The molecule has 2 atom stereocenters. The van der Waals surface area contributed by atoms with Crippen LogP contribution in [0.2, 0.25) is 10.0 Å². The third kappa shape index (κ3) is 5.28. The van der Waals surface area contributed by atoms with E-state index in [1.54, 1.807) is 42.3 Å². The number of likely N-dealkylation sites (tertiary alicyclic amines) is 1. The molecule has 0 aliphatic carbocycles. The quantitative estimate of drug-likeness (QED) is 0.324. The number of ether oxygens (including phenoxy) is 2. The molecule has 0 aromatic heterocycles. The lowest BCUT2D eigenvalue weighted by Gasteiger charge is -2.29. The Morgan fingerprint density at radius 2 is 1.76 bits per heavy atom. The van der Waals surface area contributed by atoms with Crippen LogP contribution in [-0.4, -0.2) is 48.7 Å². The molecule has 38 heavy (non-hydrogen) atoms. The van der Waals surface area contributed by atoms with E-state index in [1.165, 1.54) is 6.07 Å². The molecule has 2 aliphatic heterocycles. The lowest BCUT2D eigenvalue weighted by atomic mass is 9.93. The van der Waals surface area contributed by atoms with Gasteiger partial charge in [-0.2, -0.15) is 13.2 Å². The van der Waals surface area contributed by atoms with Crippen molar-refractivity contribution < 1.29 is 31.8 Å². The van der Waals surface area contributed by atoms with Gasteiger partial charge < -0.3 is 14.4 Å². The first-order valence-corrected chi connectivity index (χ1v) is 12.5. The number of fused-ring (bicyclic) bond motifs is 1. The Hall–Kier alpha value is -3.01. The molecule has 3 aromatic carbocycles. The zero-order valence-corrected chi connectivity index (χ0v) is 21.6. The van der Waals surface area contributed by atoms with E-state index in [-0.39, 0.29) is 31.2 Å². The molecule has 1 amide bonds. The number of carbonyl (C=O) groups is 1. The Labute approximate surface area is 226 Å². The topological polar surface area (TPSA) is 42.0 Å². The number of rotatable bonds is 5. The van der Waals surface area contributed by atoms with Crippen molar-refractivity contribution in [3.8, 4) is 11.5 Å². The smallest absolute Gasteiger partial charge is 0.419 e. The highest BCUT2D eigenvalue weighted by Crippen LogP contribution is 2.37. The molecule has 5 nitrogen and oxygen atoms in total. The van der Waals surface area contributed by atoms with Crippen LogP contribution in [0.25, 0.3) is 0 Å². The standard InChI is InChI=1S/C27H22Cl2F4N2O3/c1-34(11-15-2-5-19(22(30)8-15)27(31,32)33)23-13-35(12-18(23)16-3-6-20(28)21(29)9-16)26(36)17-4-7-24-25(10-17)38-14-37-24/h2-10,18,23H,11-14H2,1H3/t18-,23+/m1/s1. The van der Waals surface area contributed by atoms with Crippen molar-refractivity contribution in [1.82, 2.24) is 9.80 Å². The zero-order chi connectivity index (χ0) is 27.2. The summed E-state index contributed by atoms with van der Waals surface area (Å²) in [7, 11) is 1.79. The summed E-state index contributed by atoms with van der Waals surface area (Å²) in [6, 6.07) is 12.9. The zero-order valence-electron chi connectivity index (χ0n) is 20.1. The van der Waals surface area contributed by atoms with E-state index in [4.69, 9.17) is 32.7 Å². The number of amides is 1. The predicted molar refractivity (Wildman–Crippen MR) is 134 cm³/mol. The van der Waals surface area contributed by atoms with Crippen LogP contribution >= 0.6 is 23.2 Å². The number of benzene rings is 3. The highest BCUT2D eigenvalue weighted by atomic mass is 35.5. The van der Waals surface area contributed by atoms with Crippen molar-refractivity contribution in [2.24, 2.45) is 0 Å². The number of halogens is 6.